The van der Waals surface area contributed by atoms with Crippen molar-refractivity contribution in [1.82, 2.24) is 0 Å². The minimum atomic E-state index is -0.573. The van der Waals surface area contributed by atoms with E-state index in [1.54, 1.807) is 0 Å². The number of hydrogen-bond acceptors (Lipinski definition) is 4. The third-order valence-electron chi connectivity index (χ3n) is 6.48. The standard InChI is InChI=1S/C28H40O4/c1-3-5-8-15-24(29)20-18-23-19-21-27(30)25(23)16-11-7-12-17-26(28(31)32-4-2)22-13-9-6-10-14-22/h6,9-10,13-14,23-26,29H,3-5,7,11-12,16-21H2,1-2H3/t23-,24?,25+,26?/m0/s1. The second kappa shape index (κ2) is 14.9. The number of carbonyl (C=O) groups excluding carboxylic acids is 2. The molecule has 176 valence electrons. The van der Waals surface area contributed by atoms with Gasteiger partial charge in [-0.05, 0) is 56.9 Å². The largest absolute Gasteiger partial charge is 0.466 e. The summed E-state index contributed by atoms with van der Waals surface area (Å²) >= 11 is 0. The number of ketones is 1. The molecule has 0 heterocycles. The van der Waals surface area contributed by atoms with E-state index >= 15 is 0 Å². The molecule has 0 amide bonds. The van der Waals surface area contributed by atoms with Crippen molar-refractivity contribution < 1.29 is 19.4 Å². The molecule has 0 radical (unpaired) electrons. The first-order valence-corrected chi connectivity index (χ1v) is 12.5. The molecule has 2 rings (SSSR count). The molecular formula is C28H40O4. The van der Waals surface area contributed by atoms with Crippen LogP contribution in [0.1, 0.15) is 96.0 Å². The molecule has 4 heteroatoms. The Morgan fingerprint density at radius 2 is 1.91 bits per heavy atom. The third kappa shape index (κ3) is 8.79. The molecule has 0 aromatic heterocycles. The van der Waals surface area contributed by atoms with Crippen molar-refractivity contribution in [3.8, 4) is 11.8 Å². The maximum absolute atomic E-state index is 12.4. The number of esters is 1. The third-order valence-corrected chi connectivity index (χ3v) is 6.48. The average Bonchev–Trinajstić information content (AvgIpc) is 3.15. The number of ether oxygens (including phenoxy) is 1. The van der Waals surface area contributed by atoms with E-state index in [1.807, 2.05) is 37.3 Å². The monoisotopic (exact) mass is 440 g/mol. The molecule has 0 aliphatic heterocycles. The molecule has 0 saturated heterocycles. The smallest absolute Gasteiger partial charge is 0.313 e. The molecule has 1 saturated carbocycles. The van der Waals surface area contributed by atoms with Gasteiger partial charge in [0.15, 0.2) is 0 Å². The predicted octanol–water partition coefficient (Wildman–Crippen LogP) is 5.82. The fraction of sp³-hybridized carbons (Fsp3) is 0.643. The number of rotatable bonds is 13. The van der Waals surface area contributed by atoms with Crippen LogP contribution in [0, 0.1) is 23.7 Å². The summed E-state index contributed by atoms with van der Waals surface area (Å²) in [5.74, 6) is 6.46. The highest BCUT2D eigenvalue weighted by atomic mass is 16.5. The molecule has 1 aliphatic carbocycles. The van der Waals surface area contributed by atoms with Crippen molar-refractivity contribution in [2.45, 2.75) is 96.5 Å². The van der Waals surface area contributed by atoms with Crippen LogP contribution in [0.2, 0.25) is 0 Å². The zero-order valence-electron chi connectivity index (χ0n) is 19.9. The first-order chi connectivity index (χ1) is 15.6. The first-order valence-electron chi connectivity index (χ1n) is 12.5. The Labute approximate surface area is 194 Å². The quantitative estimate of drug-likeness (QED) is 0.238. The van der Waals surface area contributed by atoms with Crippen LogP contribution in [-0.4, -0.2) is 29.6 Å². The second-order valence-corrected chi connectivity index (χ2v) is 8.89. The Hall–Kier alpha value is -2.12. The molecule has 4 nitrogen and oxygen atoms in total. The van der Waals surface area contributed by atoms with Crippen molar-refractivity contribution in [2.75, 3.05) is 6.61 Å². The van der Waals surface area contributed by atoms with E-state index in [1.165, 1.54) is 0 Å². The van der Waals surface area contributed by atoms with Crippen LogP contribution in [0.25, 0.3) is 0 Å². The normalized spacial score (nSPS) is 19.8. The van der Waals surface area contributed by atoms with Crippen molar-refractivity contribution in [1.29, 1.82) is 0 Å². The number of aliphatic hydroxyl groups excluding tert-OH is 1. The van der Waals surface area contributed by atoms with E-state index in [2.05, 4.69) is 18.8 Å². The molecular weight excluding hydrogens is 400 g/mol. The molecule has 1 aliphatic rings. The van der Waals surface area contributed by atoms with Gasteiger partial charge < -0.3 is 9.84 Å². The molecule has 2 unspecified atom stereocenters. The SMILES string of the molecule is CCCC#CC(O)CC[C@H]1CCC(=O)[C@@H]1CCCCCC(C(=O)OCC)c1ccccc1. The van der Waals surface area contributed by atoms with E-state index < -0.39 is 6.10 Å². The maximum atomic E-state index is 12.4. The molecule has 4 atom stereocenters. The number of hydrogen-bond donors (Lipinski definition) is 1. The van der Waals surface area contributed by atoms with Gasteiger partial charge in [-0.3, -0.25) is 9.59 Å². The van der Waals surface area contributed by atoms with E-state index in [0.29, 0.717) is 31.1 Å². The summed E-state index contributed by atoms with van der Waals surface area (Å²) in [5.41, 5.74) is 1.01. The van der Waals surface area contributed by atoms with Crippen molar-refractivity contribution in [2.24, 2.45) is 11.8 Å². The molecule has 1 aromatic rings. The van der Waals surface area contributed by atoms with Crippen molar-refractivity contribution in [3.05, 3.63) is 35.9 Å². The lowest BCUT2D eigenvalue weighted by Crippen LogP contribution is -2.17. The molecule has 32 heavy (non-hydrogen) atoms. The predicted molar refractivity (Wildman–Crippen MR) is 128 cm³/mol. The Morgan fingerprint density at radius 3 is 2.62 bits per heavy atom. The lowest BCUT2D eigenvalue weighted by molar-refractivity contribution is -0.145. The van der Waals surface area contributed by atoms with Crippen LogP contribution in [0.4, 0.5) is 0 Å². The summed E-state index contributed by atoms with van der Waals surface area (Å²) in [6, 6.07) is 9.85. The van der Waals surface area contributed by atoms with E-state index in [0.717, 1.165) is 63.4 Å². The van der Waals surface area contributed by atoms with Gasteiger partial charge in [0, 0.05) is 18.8 Å². The Bertz CT molecular complexity index is 746. The maximum Gasteiger partial charge on any atom is 0.313 e. The van der Waals surface area contributed by atoms with Gasteiger partial charge in [-0.15, -0.1) is 5.92 Å². The number of Topliss-reactive ketones (excluding diaryl/α,β-unsaturated/α-hetero) is 1. The molecule has 0 bridgehead atoms. The van der Waals surface area contributed by atoms with Gasteiger partial charge in [0.25, 0.3) is 0 Å². The summed E-state index contributed by atoms with van der Waals surface area (Å²) in [6.07, 6.45) is 9.02. The fourth-order valence-corrected chi connectivity index (χ4v) is 4.72. The Kier molecular flexibility index (Phi) is 12.1. The zero-order valence-corrected chi connectivity index (χ0v) is 19.9. The number of aliphatic hydroxyl groups is 1. The van der Waals surface area contributed by atoms with Crippen LogP contribution < -0.4 is 0 Å². The van der Waals surface area contributed by atoms with E-state index in [4.69, 9.17) is 4.74 Å². The van der Waals surface area contributed by atoms with Gasteiger partial charge in [0.05, 0.1) is 12.5 Å². The highest BCUT2D eigenvalue weighted by molar-refractivity contribution is 5.83. The average molecular weight is 441 g/mol. The van der Waals surface area contributed by atoms with Gasteiger partial charge in [-0.1, -0.05) is 62.4 Å². The molecule has 0 spiro atoms. The summed E-state index contributed by atoms with van der Waals surface area (Å²) in [4.78, 5) is 24.8. The highest BCUT2D eigenvalue weighted by Gasteiger charge is 2.33. The van der Waals surface area contributed by atoms with Crippen LogP contribution in [0.15, 0.2) is 30.3 Å². The topological polar surface area (TPSA) is 63.6 Å². The lowest BCUT2D eigenvalue weighted by Gasteiger charge is -2.19. The first kappa shape index (κ1) is 26.1. The fourth-order valence-electron chi connectivity index (χ4n) is 4.72. The minimum Gasteiger partial charge on any atom is -0.466 e. The van der Waals surface area contributed by atoms with Gasteiger partial charge in [-0.2, -0.15) is 0 Å². The van der Waals surface area contributed by atoms with Gasteiger partial charge >= 0.3 is 5.97 Å². The van der Waals surface area contributed by atoms with Crippen molar-refractivity contribution >= 4 is 11.8 Å². The summed E-state index contributed by atoms with van der Waals surface area (Å²) in [7, 11) is 0. The number of carbonyl (C=O) groups is 2. The zero-order chi connectivity index (χ0) is 23.2. The molecule has 1 aromatic carbocycles. The number of unbranched alkanes of at least 4 members (excludes halogenated alkanes) is 3. The summed E-state index contributed by atoms with van der Waals surface area (Å²) in [6.45, 7) is 4.31. The lowest BCUT2D eigenvalue weighted by atomic mass is 9.86. The Morgan fingerprint density at radius 1 is 1.12 bits per heavy atom. The van der Waals surface area contributed by atoms with Crippen LogP contribution in [0.5, 0.6) is 0 Å². The van der Waals surface area contributed by atoms with E-state index in [9.17, 15) is 14.7 Å². The van der Waals surface area contributed by atoms with Crippen molar-refractivity contribution in [3.63, 3.8) is 0 Å². The van der Waals surface area contributed by atoms with Crippen LogP contribution in [-0.2, 0) is 14.3 Å². The number of benzene rings is 1. The summed E-state index contributed by atoms with van der Waals surface area (Å²) in [5, 5.41) is 10.1. The van der Waals surface area contributed by atoms with E-state index in [-0.39, 0.29) is 17.8 Å². The molecule has 1 fully saturated rings. The van der Waals surface area contributed by atoms with Crippen LogP contribution in [0.3, 0.4) is 0 Å². The minimum absolute atomic E-state index is 0.126. The van der Waals surface area contributed by atoms with Crippen LogP contribution >= 0.6 is 0 Å². The second-order valence-electron chi connectivity index (χ2n) is 8.89. The van der Waals surface area contributed by atoms with Gasteiger partial charge in [-0.25, -0.2) is 0 Å². The van der Waals surface area contributed by atoms with Gasteiger partial charge in [0.1, 0.15) is 11.9 Å². The Balaban J connectivity index is 1.76. The van der Waals surface area contributed by atoms with Gasteiger partial charge in [0.2, 0.25) is 0 Å². The highest BCUT2D eigenvalue weighted by Crippen LogP contribution is 2.36. The molecule has 1 N–H and O–H groups in total. The summed E-state index contributed by atoms with van der Waals surface area (Å²) < 4.78 is 5.29.